The molecule has 0 radical (unpaired) electrons. The Balaban J connectivity index is 0.000000176. The van der Waals surface area contributed by atoms with Crippen LogP contribution >= 0.6 is 68.5 Å². The molecule has 314 valence electrons. The molecule has 0 aliphatic carbocycles. The average Bonchev–Trinajstić information content (AvgIpc) is 3.84. The minimum Gasteiger partial charge on any atom is -0.444 e. The molecule has 58 heavy (non-hydrogen) atoms. The second-order valence-corrected chi connectivity index (χ2v) is 23.1. The zero-order chi connectivity index (χ0) is 43.4. The summed E-state index contributed by atoms with van der Waals surface area (Å²) < 4.78 is 24.6. The van der Waals surface area contributed by atoms with Crippen molar-refractivity contribution in [3.8, 4) is 0 Å². The SMILES string of the molecule is CC(C)(C)OC(=O)N1CC=C(B2OC(C)(C)C(C)(C)O2)C1(C)C.CC(C)(C)OC(=O)N1CC=C(c2cc3c(Cl)ccnc3s2)C1(C)C.Clc1ccnc2sc(I)cc12. The molecule has 7 heterocycles. The third kappa shape index (κ3) is 10.2. The normalized spacial score (nSPS) is 19.3. The number of pyridine rings is 2. The highest BCUT2D eigenvalue weighted by atomic mass is 127. The van der Waals surface area contributed by atoms with Gasteiger partial charge in [-0.15, -0.1) is 22.7 Å². The van der Waals surface area contributed by atoms with Gasteiger partial charge in [0, 0.05) is 41.1 Å². The third-order valence-corrected chi connectivity index (χ3v) is 14.0. The van der Waals surface area contributed by atoms with Gasteiger partial charge in [-0.25, -0.2) is 19.6 Å². The summed E-state index contributed by atoms with van der Waals surface area (Å²) in [5.41, 5.74) is -0.693. The Hall–Kier alpha value is -2.47. The zero-order valence-electron chi connectivity index (χ0n) is 35.8. The van der Waals surface area contributed by atoms with Crippen molar-refractivity contribution in [3.63, 3.8) is 0 Å². The maximum Gasteiger partial charge on any atom is 0.492 e. The molecular formula is C42H54BCl2IN4O6S2. The lowest BCUT2D eigenvalue weighted by atomic mass is 9.69. The van der Waals surface area contributed by atoms with Crippen LogP contribution in [0.3, 0.4) is 0 Å². The Labute approximate surface area is 374 Å². The highest BCUT2D eigenvalue weighted by molar-refractivity contribution is 14.1. The van der Waals surface area contributed by atoms with Gasteiger partial charge in [0.1, 0.15) is 20.9 Å². The van der Waals surface area contributed by atoms with Gasteiger partial charge < -0.3 is 18.8 Å². The highest BCUT2D eigenvalue weighted by Crippen LogP contribution is 2.45. The van der Waals surface area contributed by atoms with Crippen molar-refractivity contribution in [2.45, 2.75) is 130 Å². The Kier molecular flexibility index (Phi) is 13.5. The molecule has 0 spiro atoms. The summed E-state index contributed by atoms with van der Waals surface area (Å²) in [7, 11) is -0.442. The van der Waals surface area contributed by atoms with Crippen LogP contribution in [-0.2, 0) is 18.8 Å². The molecule has 7 rings (SSSR count). The summed E-state index contributed by atoms with van der Waals surface area (Å²) in [4.78, 5) is 40.1. The van der Waals surface area contributed by atoms with E-state index in [1.54, 1.807) is 50.9 Å². The van der Waals surface area contributed by atoms with Gasteiger partial charge in [-0.1, -0.05) is 35.4 Å². The molecule has 0 unspecified atom stereocenters. The van der Waals surface area contributed by atoms with Crippen molar-refractivity contribution in [2.24, 2.45) is 0 Å². The Morgan fingerprint density at radius 1 is 0.741 bits per heavy atom. The van der Waals surface area contributed by atoms with E-state index in [0.717, 1.165) is 41.4 Å². The van der Waals surface area contributed by atoms with Gasteiger partial charge in [0.15, 0.2) is 0 Å². The number of hydrogen-bond donors (Lipinski definition) is 0. The van der Waals surface area contributed by atoms with Crippen LogP contribution in [0.4, 0.5) is 9.59 Å². The monoisotopic (exact) mass is 982 g/mol. The number of amides is 2. The van der Waals surface area contributed by atoms with E-state index < -0.39 is 40.6 Å². The first kappa shape index (κ1) is 46.6. The van der Waals surface area contributed by atoms with Crippen LogP contribution in [0.2, 0.25) is 10.0 Å². The third-order valence-electron chi connectivity index (χ3n) is 10.4. The second-order valence-electron chi connectivity index (χ2n) is 18.3. The van der Waals surface area contributed by atoms with Crippen LogP contribution < -0.4 is 0 Å². The standard InChI is InChI=1S/C18H21ClN2O2S.C17H30BNO4.C7H3ClINS/c1-17(2,3)23-16(22)21-9-7-12(18(21,4)5)14-10-11-13(19)6-8-20-15(11)24-14;1-14(2,3)21-13(20)19-11-10-12(15(19,4)5)18-22-16(6,7)17(8,9)23-18;8-5-1-2-10-7-4(5)3-6(9)11-7/h6-8,10H,9H2,1-5H3;10H,11H2,1-9H3;1-3H. The molecular weight excluding hydrogens is 929 g/mol. The fraction of sp³-hybridized carbons (Fsp3) is 0.524. The second kappa shape index (κ2) is 16.8. The van der Waals surface area contributed by atoms with Crippen LogP contribution in [0.15, 0.2) is 54.3 Å². The summed E-state index contributed by atoms with van der Waals surface area (Å²) in [6, 6.07) is 7.71. The number of carbonyl (C=O) groups is 2. The van der Waals surface area contributed by atoms with Crippen molar-refractivity contribution in [1.29, 1.82) is 0 Å². The largest absolute Gasteiger partial charge is 0.492 e. The molecule has 1 fully saturated rings. The number of thiophene rings is 2. The van der Waals surface area contributed by atoms with Crippen molar-refractivity contribution in [1.82, 2.24) is 19.8 Å². The maximum absolute atomic E-state index is 12.5. The molecule has 3 aliphatic heterocycles. The smallest absolute Gasteiger partial charge is 0.444 e. The van der Waals surface area contributed by atoms with Gasteiger partial charge in [0.2, 0.25) is 0 Å². The number of aromatic nitrogens is 2. The first-order valence-electron chi connectivity index (χ1n) is 19.1. The molecule has 3 aliphatic rings. The first-order chi connectivity index (χ1) is 26.5. The molecule has 2 amide bonds. The molecule has 1 saturated heterocycles. The summed E-state index contributed by atoms with van der Waals surface area (Å²) in [5.74, 6) is 0. The fourth-order valence-corrected chi connectivity index (χ4v) is 9.97. The van der Waals surface area contributed by atoms with E-state index >= 15 is 0 Å². The number of halogens is 3. The summed E-state index contributed by atoms with van der Waals surface area (Å²) in [6.45, 7) is 28.5. The Morgan fingerprint density at radius 2 is 1.19 bits per heavy atom. The fourth-order valence-electron chi connectivity index (χ4n) is 6.55. The van der Waals surface area contributed by atoms with E-state index in [0.29, 0.717) is 18.1 Å². The zero-order valence-corrected chi connectivity index (χ0v) is 41.1. The molecule has 0 atom stereocenters. The molecule has 0 N–H and O–H groups in total. The molecule has 16 heteroatoms. The molecule has 0 aromatic carbocycles. The van der Waals surface area contributed by atoms with Gasteiger partial charge in [-0.05, 0) is 155 Å². The molecule has 0 saturated carbocycles. The van der Waals surface area contributed by atoms with Crippen LogP contribution in [0, 0.1) is 2.88 Å². The van der Waals surface area contributed by atoms with Crippen LogP contribution in [0.5, 0.6) is 0 Å². The van der Waals surface area contributed by atoms with E-state index in [1.165, 1.54) is 2.88 Å². The number of ether oxygens (including phenoxy) is 2. The number of carbonyl (C=O) groups excluding carboxylic acids is 2. The van der Waals surface area contributed by atoms with E-state index in [9.17, 15) is 9.59 Å². The van der Waals surface area contributed by atoms with E-state index in [2.05, 4.69) is 50.8 Å². The molecule has 4 aromatic rings. The van der Waals surface area contributed by atoms with Gasteiger partial charge >= 0.3 is 19.3 Å². The molecule has 4 aromatic heterocycles. The Morgan fingerprint density at radius 3 is 1.66 bits per heavy atom. The minimum absolute atomic E-state index is 0.295. The average molecular weight is 984 g/mol. The quantitative estimate of drug-likeness (QED) is 0.145. The van der Waals surface area contributed by atoms with E-state index in [4.69, 9.17) is 42.0 Å². The van der Waals surface area contributed by atoms with Crippen molar-refractivity contribution >= 4 is 114 Å². The molecule has 10 nitrogen and oxygen atoms in total. The summed E-state index contributed by atoms with van der Waals surface area (Å²) in [5, 5.41) is 3.49. The summed E-state index contributed by atoms with van der Waals surface area (Å²) >= 11 is 17.7. The van der Waals surface area contributed by atoms with Gasteiger partial charge in [-0.2, -0.15) is 0 Å². The van der Waals surface area contributed by atoms with Gasteiger partial charge in [-0.3, -0.25) is 9.80 Å². The van der Waals surface area contributed by atoms with Gasteiger partial charge in [0.25, 0.3) is 0 Å². The maximum atomic E-state index is 12.5. The predicted molar refractivity (Wildman–Crippen MR) is 248 cm³/mol. The Bertz CT molecular complexity index is 2240. The van der Waals surface area contributed by atoms with E-state index in [-0.39, 0.29) is 12.2 Å². The van der Waals surface area contributed by atoms with Crippen molar-refractivity contribution in [3.05, 3.63) is 72.1 Å². The van der Waals surface area contributed by atoms with E-state index in [1.807, 2.05) is 109 Å². The number of rotatable bonds is 2. The number of nitrogens with zero attached hydrogens (tertiary/aromatic N) is 4. The van der Waals surface area contributed by atoms with Crippen molar-refractivity contribution < 1.29 is 28.4 Å². The van der Waals surface area contributed by atoms with Gasteiger partial charge in [0.05, 0.1) is 35.2 Å². The topological polar surface area (TPSA) is 103 Å². The lowest BCUT2D eigenvalue weighted by Crippen LogP contribution is -2.50. The van der Waals surface area contributed by atoms with Crippen molar-refractivity contribution in [2.75, 3.05) is 13.1 Å². The number of fused-ring (bicyclic) bond motifs is 2. The lowest BCUT2D eigenvalue weighted by Gasteiger charge is -2.36. The highest BCUT2D eigenvalue weighted by Gasteiger charge is 2.57. The molecule has 0 bridgehead atoms. The van der Waals surface area contributed by atoms with Crippen LogP contribution in [-0.4, -0.2) is 85.6 Å². The predicted octanol–water partition coefficient (Wildman–Crippen LogP) is 12.5. The van der Waals surface area contributed by atoms with Crippen LogP contribution in [0.1, 0.15) is 102 Å². The minimum atomic E-state index is -0.514. The van der Waals surface area contributed by atoms with Crippen LogP contribution in [0.25, 0.3) is 26.0 Å². The number of hydrogen-bond acceptors (Lipinski definition) is 10. The lowest BCUT2D eigenvalue weighted by molar-refractivity contribution is 0.00578. The summed E-state index contributed by atoms with van der Waals surface area (Å²) in [6.07, 6.45) is 6.94. The first-order valence-corrected chi connectivity index (χ1v) is 22.5.